The molecule has 5 nitrogen and oxygen atoms in total. The van der Waals surface area contributed by atoms with Crippen molar-refractivity contribution in [1.82, 2.24) is 0 Å². The minimum atomic E-state index is -0.551. The number of nitrogens with zero attached hydrogens (tertiary/aromatic N) is 1. The maximum atomic E-state index is 12.1. The number of hydrogen-bond acceptors (Lipinski definition) is 4. The van der Waals surface area contributed by atoms with Crippen molar-refractivity contribution in [2.75, 3.05) is 12.4 Å². The minimum Gasteiger partial charge on any atom is -0.507 e. The summed E-state index contributed by atoms with van der Waals surface area (Å²) >= 11 is 3.30. The molecule has 1 amide bonds. The molecule has 0 aliphatic heterocycles. The van der Waals surface area contributed by atoms with Crippen LogP contribution in [0.2, 0.25) is 0 Å². The number of methoxy groups -OCH3 is 1. The number of phenolic OH excluding ortho intramolecular Hbond substituents is 1. The highest BCUT2D eigenvalue weighted by Crippen LogP contribution is 2.25. The highest BCUT2D eigenvalue weighted by Gasteiger charge is 2.11. The number of amides is 1. The van der Waals surface area contributed by atoms with E-state index in [1.807, 2.05) is 6.07 Å². The Hall–Kier alpha value is -2.78. The van der Waals surface area contributed by atoms with Crippen LogP contribution in [-0.4, -0.2) is 18.1 Å². The van der Waals surface area contributed by atoms with Crippen LogP contribution in [0.5, 0.6) is 11.5 Å². The Balaban J connectivity index is 2.23. The van der Waals surface area contributed by atoms with E-state index in [-0.39, 0.29) is 11.3 Å². The quantitative estimate of drug-likeness (QED) is 0.632. The number of benzene rings is 2. The molecule has 0 aliphatic rings. The Morgan fingerprint density at radius 1 is 1.30 bits per heavy atom. The standard InChI is InChI=1S/C17H13BrN2O3/c1-23-15-7-2-11(16(21)9-15)8-12(10-19)17(22)20-14-5-3-13(18)4-6-14/h2-9,21H,1H3,(H,20,22)/b12-8+. The summed E-state index contributed by atoms with van der Waals surface area (Å²) in [6.07, 6.45) is 1.32. The molecular formula is C17H13BrN2O3. The number of hydrogen-bond donors (Lipinski definition) is 2. The normalized spacial score (nSPS) is 10.7. The number of aromatic hydroxyl groups is 1. The van der Waals surface area contributed by atoms with Gasteiger partial charge in [-0.15, -0.1) is 0 Å². The lowest BCUT2D eigenvalue weighted by atomic mass is 10.1. The molecule has 0 saturated heterocycles. The van der Waals surface area contributed by atoms with Gasteiger partial charge >= 0.3 is 0 Å². The molecule has 2 aromatic rings. The van der Waals surface area contributed by atoms with Crippen LogP contribution in [0, 0.1) is 11.3 Å². The van der Waals surface area contributed by atoms with Gasteiger partial charge in [-0.3, -0.25) is 4.79 Å². The summed E-state index contributed by atoms with van der Waals surface area (Å²) in [4.78, 5) is 12.1. The van der Waals surface area contributed by atoms with Gasteiger partial charge < -0.3 is 15.2 Å². The number of nitrogens with one attached hydrogen (secondary N) is 1. The molecule has 23 heavy (non-hydrogen) atoms. The molecule has 0 aliphatic carbocycles. The van der Waals surface area contributed by atoms with Crippen molar-refractivity contribution in [3.63, 3.8) is 0 Å². The Labute approximate surface area is 142 Å². The Morgan fingerprint density at radius 3 is 2.57 bits per heavy atom. The molecule has 0 bridgehead atoms. The molecule has 2 rings (SSSR count). The van der Waals surface area contributed by atoms with Gasteiger partial charge in [-0.05, 0) is 42.5 Å². The summed E-state index contributed by atoms with van der Waals surface area (Å²) in [7, 11) is 1.48. The summed E-state index contributed by atoms with van der Waals surface area (Å²) in [6.45, 7) is 0. The van der Waals surface area contributed by atoms with Crippen LogP contribution in [0.15, 0.2) is 52.5 Å². The van der Waals surface area contributed by atoms with Crippen LogP contribution in [0.1, 0.15) is 5.56 Å². The first-order chi connectivity index (χ1) is 11.0. The average molecular weight is 373 g/mol. The fourth-order valence-corrected chi connectivity index (χ4v) is 2.07. The average Bonchev–Trinajstić information content (AvgIpc) is 2.55. The minimum absolute atomic E-state index is 0.0754. The van der Waals surface area contributed by atoms with Crippen molar-refractivity contribution in [2.24, 2.45) is 0 Å². The van der Waals surface area contributed by atoms with Crippen LogP contribution in [0.25, 0.3) is 6.08 Å². The van der Waals surface area contributed by atoms with Crippen molar-refractivity contribution in [3.8, 4) is 17.6 Å². The number of carbonyl (C=O) groups is 1. The van der Waals surface area contributed by atoms with Crippen molar-refractivity contribution in [3.05, 3.63) is 58.1 Å². The van der Waals surface area contributed by atoms with Crippen LogP contribution in [-0.2, 0) is 4.79 Å². The first kappa shape index (κ1) is 16.6. The zero-order valence-electron chi connectivity index (χ0n) is 12.2. The lowest BCUT2D eigenvalue weighted by molar-refractivity contribution is -0.112. The highest BCUT2D eigenvalue weighted by atomic mass is 79.9. The number of anilines is 1. The van der Waals surface area contributed by atoms with Crippen molar-refractivity contribution >= 4 is 33.6 Å². The third-order valence-corrected chi connectivity index (χ3v) is 3.53. The third kappa shape index (κ3) is 4.34. The third-order valence-electron chi connectivity index (χ3n) is 3.00. The molecule has 0 unspecified atom stereocenters. The predicted molar refractivity (Wildman–Crippen MR) is 91.0 cm³/mol. The molecule has 2 aromatic carbocycles. The van der Waals surface area contributed by atoms with Crippen LogP contribution < -0.4 is 10.1 Å². The van der Waals surface area contributed by atoms with E-state index in [9.17, 15) is 15.2 Å². The summed E-state index contributed by atoms with van der Waals surface area (Å²) in [5.41, 5.74) is 0.806. The van der Waals surface area contributed by atoms with Gasteiger partial charge in [-0.2, -0.15) is 5.26 Å². The molecule has 2 N–H and O–H groups in total. The second kappa shape index (κ2) is 7.47. The van der Waals surface area contributed by atoms with Gasteiger partial charge in [-0.25, -0.2) is 0 Å². The zero-order valence-corrected chi connectivity index (χ0v) is 13.8. The first-order valence-corrected chi connectivity index (χ1v) is 7.38. The number of phenols is 1. The maximum absolute atomic E-state index is 12.1. The number of ether oxygens (including phenoxy) is 1. The van der Waals surface area contributed by atoms with Crippen LogP contribution >= 0.6 is 15.9 Å². The van der Waals surface area contributed by atoms with E-state index in [1.54, 1.807) is 36.4 Å². The highest BCUT2D eigenvalue weighted by molar-refractivity contribution is 9.10. The van der Waals surface area contributed by atoms with Gasteiger partial charge in [0.15, 0.2) is 0 Å². The second-order valence-corrected chi connectivity index (χ2v) is 5.47. The first-order valence-electron chi connectivity index (χ1n) is 6.59. The van der Waals surface area contributed by atoms with E-state index in [2.05, 4.69) is 21.2 Å². The predicted octanol–water partition coefficient (Wildman–Crippen LogP) is 3.71. The summed E-state index contributed by atoms with van der Waals surface area (Å²) in [5, 5.41) is 21.7. The lowest BCUT2D eigenvalue weighted by Gasteiger charge is -2.06. The monoisotopic (exact) mass is 372 g/mol. The molecule has 0 saturated carbocycles. The topological polar surface area (TPSA) is 82.3 Å². The van der Waals surface area contributed by atoms with E-state index >= 15 is 0 Å². The summed E-state index contributed by atoms with van der Waals surface area (Å²) < 4.78 is 5.87. The van der Waals surface area contributed by atoms with E-state index in [4.69, 9.17) is 4.74 Å². The Bertz CT molecular complexity index is 792. The van der Waals surface area contributed by atoms with Gasteiger partial charge in [0.05, 0.1) is 7.11 Å². The second-order valence-electron chi connectivity index (χ2n) is 4.56. The molecule has 0 aromatic heterocycles. The van der Waals surface area contributed by atoms with E-state index in [0.717, 1.165) is 4.47 Å². The molecule has 0 atom stereocenters. The lowest BCUT2D eigenvalue weighted by Crippen LogP contribution is -2.13. The fourth-order valence-electron chi connectivity index (χ4n) is 1.81. The van der Waals surface area contributed by atoms with E-state index in [0.29, 0.717) is 17.0 Å². The molecular weight excluding hydrogens is 360 g/mol. The Morgan fingerprint density at radius 2 is 2.00 bits per heavy atom. The zero-order chi connectivity index (χ0) is 16.8. The summed E-state index contributed by atoms with van der Waals surface area (Å²) in [5.74, 6) is -0.143. The van der Waals surface area contributed by atoms with E-state index in [1.165, 1.54) is 19.3 Å². The smallest absolute Gasteiger partial charge is 0.266 e. The molecule has 116 valence electrons. The fraction of sp³-hybridized carbons (Fsp3) is 0.0588. The molecule has 0 heterocycles. The van der Waals surface area contributed by atoms with Crippen molar-refractivity contribution in [2.45, 2.75) is 0 Å². The number of nitriles is 1. The SMILES string of the molecule is COc1ccc(/C=C(\C#N)C(=O)Nc2ccc(Br)cc2)c(O)c1. The van der Waals surface area contributed by atoms with Crippen molar-refractivity contribution in [1.29, 1.82) is 5.26 Å². The molecule has 0 spiro atoms. The largest absolute Gasteiger partial charge is 0.507 e. The van der Waals surface area contributed by atoms with Crippen LogP contribution in [0.3, 0.4) is 0 Å². The molecule has 0 radical (unpaired) electrons. The maximum Gasteiger partial charge on any atom is 0.266 e. The summed E-state index contributed by atoms with van der Waals surface area (Å²) in [6, 6.07) is 13.4. The molecule has 0 fully saturated rings. The Kier molecular flexibility index (Phi) is 5.39. The van der Waals surface area contributed by atoms with Gasteiger partial charge in [0.25, 0.3) is 5.91 Å². The molecule has 6 heteroatoms. The van der Waals surface area contributed by atoms with Gasteiger partial charge in [0, 0.05) is 21.8 Å². The number of halogens is 1. The van der Waals surface area contributed by atoms with Gasteiger partial charge in [0.1, 0.15) is 23.1 Å². The van der Waals surface area contributed by atoms with Gasteiger partial charge in [-0.1, -0.05) is 15.9 Å². The van der Waals surface area contributed by atoms with E-state index < -0.39 is 5.91 Å². The number of carbonyl (C=O) groups excluding carboxylic acids is 1. The number of rotatable bonds is 4. The van der Waals surface area contributed by atoms with Crippen molar-refractivity contribution < 1.29 is 14.6 Å². The van der Waals surface area contributed by atoms with Crippen LogP contribution in [0.4, 0.5) is 5.69 Å². The van der Waals surface area contributed by atoms with Gasteiger partial charge in [0.2, 0.25) is 0 Å².